The number of hydrogen-bond acceptors (Lipinski definition) is 4. The van der Waals surface area contributed by atoms with E-state index in [4.69, 9.17) is 32.7 Å². The molecule has 0 aliphatic heterocycles. The van der Waals surface area contributed by atoms with Gasteiger partial charge >= 0.3 is 0 Å². The van der Waals surface area contributed by atoms with Gasteiger partial charge in [-0.1, -0.05) is 29.3 Å². The fraction of sp³-hybridized carbons (Fsp3) is 0.316. The van der Waals surface area contributed by atoms with Crippen molar-refractivity contribution in [3.8, 4) is 11.5 Å². The summed E-state index contributed by atoms with van der Waals surface area (Å²) in [6.45, 7) is 2.18. The van der Waals surface area contributed by atoms with E-state index in [1.807, 2.05) is 6.07 Å². The first-order chi connectivity index (χ1) is 12.8. The second kappa shape index (κ2) is 9.78. The largest absolute Gasteiger partial charge is 0.493 e. The average Bonchev–Trinajstić information content (AvgIpc) is 2.66. The van der Waals surface area contributed by atoms with E-state index < -0.39 is 5.82 Å². The number of carbonyl (C=O) groups is 1. The zero-order valence-corrected chi connectivity index (χ0v) is 16.7. The fourth-order valence-corrected chi connectivity index (χ4v) is 3.03. The third-order valence-corrected chi connectivity index (χ3v) is 4.63. The average molecular weight is 415 g/mol. The summed E-state index contributed by atoms with van der Waals surface area (Å²) in [6, 6.07) is 7.71. The summed E-state index contributed by atoms with van der Waals surface area (Å²) in [5.74, 6) is 0.454. The van der Waals surface area contributed by atoms with E-state index in [1.54, 1.807) is 33.3 Å². The van der Waals surface area contributed by atoms with E-state index in [-0.39, 0.29) is 23.5 Å². The Bertz CT molecular complexity index is 818. The molecule has 0 saturated carbocycles. The highest BCUT2D eigenvalue weighted by molar-refractivity contribution is 6.35. The smallest absolute Gasteiger partial charge is 0.234 e. The number of nitrogens with one attached hydrogen (secondary N) is 2. The van der Waals surface area contributed by atoms with Gasteiger partial charge in [0.1, 0.15) is 5.82 Å². The molecule has 0 bridgehead atoms. The summed E-state index contributed by atoms with van der Waals surface area (Å²) < 4.78 is 24.0. The molecule has 0 aliphatic carbocycles. The van der Waals surface area contributed by atoms with Gasteiger partial charge in [0, 0.05) is 17.6 Å². The normalized spacial score (nSPS) is 11.8. The standard InChI is InChI=1S/C19H21Cl2FN2O3/c1-11(13-7-16(22)15(21)8-14(13)20)23-10-19(25)24-9-12-4-5-17(26-2)18(6-12)27-3/h4-8,11,23H,9-10H2,1-3H3,(H,24,25)/t11-/m0/s1. The molecule has 0 saturated heterocycles. The maximum absolute atomic E-state index is 13.6. The van der Waals surface area contributed by atoms with Crippen LogP contribution in [0.5, 0.6) is 11.5 Å². The molecule has 0 spiro atoms. The molecule has 0 fully saturated rings. The molecule has 2 N–H and O–H groups in total. The van der Waals surface area contributed by atoms with E-state index in [2.05, 4.69) is 10.6 Å². The van der Waals surface area contributed by atoms with Crippen LogP contribution in [0.2, 0.25) is 10.0 Å². The molecule has 1 atom stereocenters. The van der Waals surface area contributed by atoms with E-state index in [1.165, 1.54) is 12.1 Å². The zero-order chi connectivity index (χ0) is 20.0. The summed E-state index contributed by atoms with van der Waals surface area (Å²) in [5, 5.41) is 6.12. The Kier molecular flexibility index (Phi) is 7.71. The molecule has 0 aromatic heterocycles. The minimum Gasteiger partial charge on any atom is -0.493 e. The molecule has 27 heavy (non-hydrogen) atoms. The van der Waals surface area contributed by atoms with Crippen molar-refractivity contribution in [3.63, 3.8) is 0 Å². The quantitative estimate of drug-likeness (QED) is 0.637. The lowest BCUT2D eigenvalue weighted by molar-refractivity contribution is -0.120. The van der Waals surface area contributed by atoms with Gasteiger partial charge in [-0.05, 0) is 42.3 Å². The Hall–Kier alpha value is -2.02. The Labute approximate surface area is 167 Å². The zero-order valence-electron chi connectivity index (χ0n) is 15.2. The van der Waals surface area contributed by atoms with Crippen molar-refractivity contribution in [2.45, 2.75) is 19.5 Å². The van der Waals surface area contributed by atoms with Crippen LogP contribution in [0.15, 0.2) is 30.3 Å². The first-order valence-corrected chi connectivity index (χ1v) is 8.96. The molecule has 2 aromatic rings. The van der Waals surface area contributed by atoms with Crippen molar-refractivity contribution in [2.75, 3.05) is 20.8 Å². The lowest BCUT2D eigenvalue weighted by Crippen LogP contribution is -2.34. The number of halogens is 3. The Morgan fingerprint density at radius 2 is 1.81 bits per heavy atom. The summed E-state index contributed by atoms with van der Waals surface area (Å²) in [5.41, 5.74) is 1.41. The van der Waals surface area contributed by atoms with Gasteiger partial charge in [0.15, 0.2) is 11.5 Å². The van der Waals surface area contributed by atoms with Gasteiger partial charge in [-0.2, -0.15) is 0 Å². The topological polar surface area (TPSA) is 59.6 Å². The van der Waals surface area contributed by atoms with Crippen molar-refractivity contribution in [2.24, 2.45) is 0 Å². The number of ether oxygens (including phenoxy) is 2. The lowest BCUT2D eigenvalue weighted by atomic mass is 10.1. The van der Waals surface area contributed by atoms with Gasteiger partial charge < -0.3 is 20.1 Å². The minimum absolute atomic E-state index is 0.0383. The predicted octanol–water partition coefficient (Wildman–Crippen LogP) is 4.12. The first-order valence-electron chi connectivity index (χ1n) is 8.21. The highest BCUT2D eigenvalue weighted by Crippen LogP contribution is 2.29. The van der Waals surface area contributed by atoms with E-state index >= 15 is 0 Å². The second-order valence-electron chi connectivity index (χ2n) is 5.86. The van der Waals surface area contributed by atoms with Gasteiger partial charge in [-0.25, -0.2) is 4.39 Å². The van der Waals surface area contributed by atoms with Crippen LogP contribution in [0, 0.1) is 5.82 Å². The van der Waals surface area contributed by atoms with Crippen molar-refractivity contribution < 1.29 is 18.7 Å². The molecule has 2 aromatic carbocycles. The summed E-state index contributed by atoms with van der Waals surface area (Å²) >= 11 is 11.8. The number of benzene rings is 2. The lowest BCUT2D eigenvalue weighted by Gasteiger charge is -2.16. The fourth-order valence-electron chi connectivity index (χ4n) is 2.48. The Morgan fingerprint density at radius 1 is 1.11 bits per heavy atom. The van der Waals surface area contributed by atoms with Gasteiger partial charge in [-0.15, -0.1) is 0 Å². The first kappa shape index (κ1) is 21.3. The number of rotatable bonds is 8. The van der Waals surface area contributed by atoms with Crippen molar-refractivity contribution in [3.05, 3.63) is 57.3 Å². The van der Waals surface area contributed by atoms with Gasteiger partial charge in [0.25, 0.3) is 0 Å². The summed E-state index contributed by atoms with van der Waals surface area (Å²) in [4.78, 5) is 12.1. The third kappa shape index (κ3) is 5.73. The molecular formula is C19H21Cl2FN2O3. The summed E-state index contributed by atoms with van der Waals surface area (Å²) in [7, 11) is 3.11. The molecule has 8 heteroatoms. The molecule has 1 amide bonds. The van der Waals surface area contributed by atoms with Crippen molar-refractivity contribution >= 4 is 29.1 Å². The maximum Gasteiger partial charge on any atom is 0.234 e. The van der Waals surface area contributed by atoms with Gasteiger partial charge in [0.05, 0.1) is 25.8 Å². The van der Waals surface area contributed by atoms with Crippen LogP contribution >= 0.6 is 23.2 Å². The molecule has 2 rings (SSSR count). The number of hydrogen-bond donors (Lipinski definition) is 2. The van der Waals surface area contributed by atoms with Crippen LogP contribution in [0.3, 0.4) is 0 Å². The van der Waals surface area contributed by atoms with Crippen molar-refractivity contribution in [1.29, 1.82) is 0 Å². The molecule has 0 radical (unpaired) electrons. The number of amides is 1. The van der Waals surface area contributed by atoms with E-state index in [9.17, 15) is 9.18 Å². The Balaban J connectivity index is 1.88. The van der Waals surface area contributed by atoms with E-state index in [0.29, 0.717) is 28.6 Å². The molecule has 5 nitrogen and oxygen atoms in total. The summed E-state index contributed by atoms with van der Waals surface area (Å²) in [6.07, 6.45) is 0. The SMILES string of the molecule is COc1ccc(CNC(=O)CN[C@@H](C)c2cc(F)c(Cl)cc2Cl)cc1OC. The van der Waals surface area contributed by atoms with Gasteiger partial charge in [0.2, 0.25) is 5.91 Å². The van der Waals surface area contributed by atoms with Crippen LogP contribution in [0.4, 0.5) is 4.39 Å². The highest BCUT2D eigenvalue weighted by atomic mass is 35.5. The molecule has 0 aliphatic rings. The van der Waals surface area contributed by atoms with Crippen LogP contribution in [0.25, 0.3) is 0 Å². The predicted molar refractivity (Wildman–Crippen MR) is 104 cm³/mol. The third-order valence-electron chi connectivity index (χ3n) is 4.01. The van der Waals surface area contributed by atoms with E-state index in [0.717, 1.165) is 5.56 Å². The monoisotopic (exact) mass is 414 g/mol. The van der Waals surface area contributed by atoms with Crippen LogP contribution in [-0.4, -0.2) is 26.7 Å². The van der Waals surface area contributed by atoms with Crippen LogP contribution in [0.1, 0.15) is 24.1 Å². The number of methoxy groups -OCH3 is 2. The second-order valence-corrected chi connectivity index (χ2v) is 6.67. The van der Waals surface area contributed by atoms with Crippen molar-refractivity contribution in [1.82, 2.24) is 10.6 Å². The molecular weight excluding hydrogens is 394 g/mol. The molecule has 146 valence electrons. The highest BCUT2D eigenvalue weighted by Gasteiger charge is 2.14. The maximum atomic E-state index is 13.6. The molecule has 0 unspecified atom stereocenters. The number of carbonyl (C=O) groups excluding carboxylic acids is 1. The Morgan fingerprint density at radius 3 is 2.48 bits per heavy atom. The molecule has 0 heterocycles. The van der Waals surface area contributed by atoms with Crippen LogP contribution < -0.4 is 20.1 Å². The van der Waals surface area contributed by atoms with Crippen LogP contribution in [-0.2, 0) is 11.3 Å². The van der Waals surface area contributed by atoms with Gasteiger partial charge in [-0.3, -0.25) is 4.79 Å². The minimum atomic E-state index is -0.553.